The van der Waals surface area contributed by atoms with Crippen LogP contribution in [0.3, 0.4) is 0 Å². The standard InChI is InChI=1S/C11H6Br2ClF2NS/c12-7-9(18-11(15)16)8(17-10(7)13)5-1-3-6(14)4-2-5/h1-4,11,17H. The molecule has 1 aromatic carbocycles. The van der Waals surface area contributed by atoms with Crippen molar-refractivity contribution >= 4 is 55.2 Å². The van der Waals surface area contributed by atoms with E-state index in [1.165, 1.54) is 0 Å². The number of aromatic nitrogens is 1. The van der Waals surface area contributed by atoms with Gasteiger partial charge in [0.1, 0.15) is 0 Å². The van der Waals surface area contributed by atoms with Gasteiger partial charge in [0.25, 0.3) is 5.76 Å². The van der Waals surface area contributed by atoms with Crippen LogP contribution >= 0.6 is 55.2 Å². The SMILES string of the molecule is FC(F)Sc1c(-c2ccc(Cl)cc2)[nH]c(Br)c1Br. The summed E-state index contributed by atoms with van der Waals surface area (Å²) in [6, 6.07) is 7.00. The highest BCUT2D eigenvalue weighted by Gasteiger charge is 2.19. The summed E-state index contributed by atoms with van der Waals surface area (Å²) >= 11 is 12.9. The van der Waals surface area contributed by atoms with Gasteiger partial charge in [0.05, 0.1) is 19.7 Å². The molecule has 1 heterocycles. The number of alkyl halides is 2. The monoisotopic (exact) mass is 415 g/mol. The Kier molecular flexibility index (Phi) is 4.75. The van der Waals surface area contributed by atoms with Crippen molar-refractivity contribution in [1.29, 1.82) is 0 Å². The van der Waals surface area contributed by atoms with Crippen molar-refractivity contribution in [3.05, 3.63) is 38.4 Å². The van der Waals surface area contributed by atoms with Gasteiger partial charge >= 0.3 is 0 Å². The first-order valence-corrected chi connectivity index (χ1v) is 7.61. The molecule has 2 aromatic rings. The predicted octanol–water partition coefficient (Wildman–Crippen LogP) is 6.17. The maximum Gasteiger partial charge on any atom is 0.289 e. The van der Waals surface area contributed by atoms with E-state index in [-0.39, 0.29) is 0 Å². The molecule has 1 aromatic heterocycles. The Hall–Kier alpha value is -0.0400. The molecular formula is C11H6Br2ClF2NS. The number of rotatable bonds is 3. The second-order valence-corrected chi connectivity index (χ2v) is 6.37. The molecular weight excluding hydrogens is 411 g/mol. The van der Waals surface area contributed by atoms with Crippen LogP contribution in [0.1, 0.15) is 0 Å². The largest absolute Gasteiger partial charge is 0.347 e. The van der Waals surface area contributed by atoms with E-state index in [1.807, 2.05) is 0 Å². The predicted molar refractivity (Wildman–Crippen MR) is 78.5 cm³/mol. The third-order valence-corrected chi connectivity index (χ3v) is 5.45. The summed E-state index contributed by atoms with van der Waals surface area (Å²) in [5.74, 6) is -2.48. The molecule has 0 aliphatic heterocycles. The third-order valence-electron chi connectivity index (χ3n) is 2.19. The Morgan fingerprint density at radius 3 is 2.33 bits per heavy atom. The van der Waals surface area contributed by atoms with Crippen LogP contribution in [0, 0.1) is 0 Å². The van der Waals surface area contributed by atoms with Gasteiger partial charge in [-0.1, -0.05) is 35.5 Å². The van der Waals surface area contributed by atoms with E-state index >= 15 is 0 Å². The molecule has 0 radical (unpaired) electrons. The van der Waals surface area contributed by atoms with Crippen molar-refractivity contribution in [3.8, 4) is 11.3 Å². The van der Waals surface area contributed by atoms with E-state index in [4.69, 9.17) is 11.6 Å². The van der Waals surface area contributed by atoms with Gasteiger partial charge in [0.2, 0.25) is 0 Å². The van der Waals surface area contributed by atoms with Gasteiger partial charge in [-0.15, -0.1) is 0 Å². The first-order valence-electron chi connectivity index (χ1n) is 4.76. The Labute approximate surface area is 129 Å². The first kappa shape index (κ1) is 14.4. The number of benzene rings is 1. The fraction of sp³-hybridized carbons (Fsp3) is 0.0909. The molecule has 0 aliphatic rings. The van der Waals surface area contributed by atoms with Crippen molar-refractivity contribution in [3.63, 3.8) is 0 Å². The minimum atomic E-state index is -2.48. The number of hydrogen-bond donors (Lipinski definition) is 1. The van der Waals surface area contributed by atoms with Gasteiger partial charge in [-0.25, -0.2) is 0 Å². The molecule has 0 spiro atoms. The lowest BCUT2D eigenvalue weighted by Gasteiger charge is -2.04. The van der Waals surface area contributed by atoms with Crippen LogP contribution < -0.4 is 0 Å². The van der Waals surface area contributed by atoms with E-state index in [1.54, 1.807) is 24.3 Å². The molecule has 0 unspecified atom stereocenters. The lowest BCUT2D eigenvalue weighted by atomic mass is 10.2. The molecule has 0 bridgehead atoms. The second kappa shape index (κ2) is 5.94. The zero-order valence-corrected chi connectivity index (χ0v) is 13.4. The Bertz CT molecular complexity index is 557. The minimum Gasteiger partial charge on any atom is -0.347 e. The van der Waals surface area contributed by atoms with Crippen LogP contribution in [-0.4, -0.2) is 10.7 Å². The summed E-state index contributed by atoms with van der Waals surface area (Å²) < 4.78 is 26.4. The third kappa shape index (κ3) is 3.10. The molecule has 1 N–H and O–H groups in total. The van der Waals surface area contributed by atoms with Gasteiger partial charge in [-0.05, 0) is 49.6 Å². The van der Waals surface area contributed by atoms with Gasteiger partial charge in [-0.2, -0.15) is 8.78 Å². The number of hydrogen-bond acceptors (Lipinski definition) is 1. The summed E-state index contributed by atoms with van der Waals surface area (Å²) in [6.45, 7) is 0. The Morgan fingerprint density at radius 1 is 1.17 bits per heavy atom. The summed E-state index contributed by atoms with van der Waals surface area (Å²) in [4.78, 5) is 3.50. The second-order valence-electron chi connectivity index (χ2n) is 3.34. The van der Waals surface area contributed by atoms with Gasteiger partial charge in [0.15, 0.2) is 0 Å². The van der Waals surface area contributed by atoms with Gasteiger partial charge in [0, 0.05) is 5.02 Å². The van der Waals surface area contributed by atoms with Gasteiger partial charge in [-0.3, -0.25) is 0 Å². The molecule has 2 rings (SSSR count). The van der Waals surface area contributed by atoms with Crippen LogP contribution in [-0.2, 0) is 0 Å². The van der Waals surface area contributed by atoms with E-state index < -0.39 is 5.76 Å². The van der Waals surface area contributed by atoms with E-state index in [0.717, 1.165) is 5.56 Å². The molecule has 0 fully saturated rings. The number of aromatic amines is 1. The molecule has 7 heteroatoms. The van der Waals surface area contributed by atoms with Crippen LogP contribution in [0.25, 0.3) is 11.3 Å². The lowest BCUT2D eigenvalue weighted by Crippen LogP contribution is -1.85. The number of halogens is 5. The number of H-pyrrole nitrogens is 1. The first-order chi connectivity index (χ1) is 8.49. The van der Waals surface area contributed by atoms with E-state index in [2.05, 4.69) is 36.8 Å². The Balaban J connectivity index is 2.49. The fourth-order valence-electron chi connectivity index (χ4n) is 1.45. The Morgan fingerprint density at radius 2 is 1.78 bits per heavy atom. The van der Waals surface area contributed by atoms with Crippen LogP contribution in [0.4, 0.5) is 8.78 Å². The topological polar surface area (TPSA) is 15.8 Å². The maximum atomic E-state index is 12.6. The molecule has 96 valence electrons. The van der Waals surface area contributed by atoms with Crippen molar-refractivity contribution < 1.29 is 8.78 Å². The summed E-state index contributed by atoms with van der Waals surface area (Å²) in [5.41, 5.74) is 1.43. The molecule has 0 saturated carbocycles. The number of nitrogens with one attached hydrogen (secondary N) is 1. The highest BCUT2D eigenvalue weighted by Crippen LogP contribution is 2.43. The van der Waals surface area contributed by atoms with Crippen molar-refractivity contribution in [1.82, 2.24) is 4.98 Å². The quantitative estimate of drug-likeness (QED) is 0.590. The zero-order valence-electron chi connectivity index (χ0n) is 8.68. The average molecular weight is 418 g/mol. The molecule has 18 heavy (non-hydrogen) atoms. The normalized spacial score (nSPS) is 11.2. The number of thioether (sulfide) groups is 1. The van der Waals surface area contributed by atoms with Crippen molar-refractivity contribution in [2.75, 3.05) is 0 Å². The summed E-state index contributed by atoms with van der Waals surface area (Å²) in [7, 11) is 0. The molecule has 0 saturated heterocycles. The van der Waals surface area contributed by atoms with E-state index in [9.17, 15) is 8.78 Å². The molecule has 0 amide bonds. The zero-order chi connectivity index (χ0) is 13.3. The van der Waals surface area contributed by atoms with Crippen LogP contribution in [0.2, 0.25) is 5.02 Å². The molecule has 1 nitrogen and oxygen atoms in total. The summed E-state index contributed by atoms with van der Waals surface area (Å²) in [5, 5.41) is 0.603. The van der Waals surface area contributed by atoms with Crippen LogP contribution in [0.5, 0.6) is 0 Å². The van der Waals surface area contributed by atoms with Crippen molar-refractivity contribution in [2.45, 2.75) is 10.7 Å². The highest BCUT2D eigenvalue weighted by atomic mass is 79.9. The van der Waals surface area contributed by atoms with Crippen LogP contribution in [0.15, 0.2) is 38.2 Å². The van der Waals surface area contributed by atoms with Crippen molar-refractivity contribution in [2.24, 2.45) is 0 Å². The highest BCUT2D eigenvalue weighted by molar-refractivity contribution is 9.13. The maximum absolute atomic E-state index is 12.6. The average Bonchev–Trinajstić information content (AvgIpc) is 2.58. The van der Waals surface area contributed by atoms with Gasteiger partial charge < -0.3 is 4.98 Å². The van der Waals surface area contributed by atoms with E-state index in [0.29, 0.717) is 36.4 Å². The fourth-order valence-corrected chi connectivity index (χ4v) is 3.35. The molecule has 0 aliphatic carbocycles. The minimum absolute atomic E-state index is 0.471. The smallest absolute Gasteiger partial charge is 0.289 e. The molecule has 0 atom stereocenters. The summed E-state index contributed by atoms with van der Waals surface area (Å²) in [6.07, 6.45) is 0. The lowest BCUT2D eigenvalue weighted by molar-refractivity contribution is 0.252.